The molecular weight excluding hydrogens is 284 g/mol. The predicted molar refractivity (Wildman–Crippen MR) is 71.8 cm³/mol. The maximum absolute atomic E-state index is 11.2. The number of fused-ring (bicyclic) bond motifs is 1. The zero-order valence-corrected chi connectivity index (χ0v) is 11.6. The van der Waals surface area contributed by atoms with Gasteiger partial charge >= 0.3 is 0 Å². The lowest BCUT2D eigenvalue weighted by Crippen LogP contribution is -2.47. The fourth-order valence-electron chi connectivity index (χ4n) is 2.34. The average molecular weight is 299 g/mol. The third kappa shape index (κ3) is 2.67. The Morgan fingerprint density at radius 3 is 2.90 bits per heavy atom. The van der Waals surface area contributed by atoms with Crippen LogP contribution in [0.2, 0.25) is 5.02 Å². The zero-order valence-electron chi connectivity index (χ0n) is 10.8. The van der Waals surface area contributed by atoms with Gasteiger partial charge in [0.25, 0.3) is 0 Å². The molecule has 1 amide bonds. The van der Waals surface area contributed by atoms with Gasteiger partial charge in [0.2, 0.25) is 12.7 Å². The number of hydrogen-bond donors (Lipinski definition) is 1. The smallest absolute Gasteiger partial charge is 0.247 e. The van der Waals surface area contributed by atoms with Gasteiger partial charge in [0, 0.05) is 30.7 Å². The van der Waals surface area contributed by atoms with Crippen LogP contribution in [-0.4, -0.2) is 43.4 Å². The van der Waals surface area contributed by atoms with Crippen LogP contribution < -0.4 is 15.2 Å². The Morgan fingerprint density at radius 2 is 2.15 bits per heavy atom. The van der Waals surface area contributed by atoms with Gasteiger partial charge in [-0.2, -0.15) is 0 Å². The maximum Gasteiger partial charge on any atom is 0.247 e. The molecule has 1 aromatic carbocycles. The highest BCUT2D eigenvalue weighted by Crippen LogP contribution is 2.37. The molecule has 1 aromatic rings. The van der Waals surface area contributed by atoms with Gasteiger partial charge in [0.05, 0.1) is 6.61 Å². The molecule has 108 valence electrons. The number of rotatable bonds is 3. The Hall–Kier alpha value is -1.50. The Labute approximate surface area is 121 Å². The summed E-state index contributed by atoms with van der Waals surface area (Å²) in [5.74, 6) is 0.923. The van der Waals surface area contributed by atoms with Crippen molar-refractivity contribution in [1.82, 2.24) is 4.90 Å². The molecule has 2 aliphatic heterocycles. The molecule has 3 rings (SSSR count). The van der Waals surface area contributed by atoms with E-state index in [2.05, 4.69) is 4.90 Å². The van der Waals surface area contributed by atoms with E-state index in [4.69, 9.17) is 31.5 Å². The number of amides is 1. The van der Waals surface area contributed by atoms with Crippen molar-refractivity contribution >= 4 is 17.5 Å². The summed E-state index contributed by atoms with van der Waals surface area (Å²) < 4.78 is 15.9. The first-order chi connectivity index (χ1) is 9.63. The third-order valence-electron chi connectivity index (χ3n) is 3.40. The van der Waals surface area contributed by atoms with Crippen molar-refractivity contribution < 1.29 is 19.0 Å². The van der Waals surface area contributed by atoms with Gasteiger partial charge in [-0.25, -0.2) is 0 Å². The molecule has 0 unspecified atom stereocenters. The van der Waals surface area contributed by atoms with Crippen molar-refractivity contribution in [1.29, 1.82) is 0 Å². The van der Waals surface area contributed by atoms with Crippen LogP contribution in [0.4, 0.5) is 0 Å². The summed E-state index contributed by atoms with van der Waals surface area (Å²) in [6, 6.07) is 3.63. The molecular formula is C13H15ClN2O4. The molecule has 0 spiro atoms. The minimum absolute atomic E-state index is 0.219. The number of carbonyl (C=O) groups excluding carboxylic acids is 1. The van der Waals surface area contributed by atoms with Crippen LogP contribution in [0.3, 0.4) is 0 Å². The summed E-state index contributed by atoms with van der Waals surface area (Å²) >= 11 is 6.24. The van der Waals surface area contributed by atoms with Crippen LogP contribution in [0, 0.1) is 0 Å². The predicted octanol–water partition coefficient (Wildman–Crippen LogP) is 0.755. The molecule has 2 N–H and O–H groups in total. The Bertz CT molecular complexity index is 537. The number of nitrogens with two attached hydrogens (primary N) is 1. The summed E-state index contributed by atoms with van der Waals surface area (Å²) in [4.78, 5) is 13.3. The van der Waals surface area contributed by atoms with E-state index in [1.807, 2.05) is 6.07 Å². The Balaban J connectivity index is 1.73. The van der Waals surface area contributed by atoms with E-state index < -0.39 is 12.0 Å². The molecule has 1 saturated heterocycles. The Kier molecular flexibility index (Phi) is 3.69. The molecule has 6 nitrogen and oxygen atoms in total. The van der Waals surface area contributed by atoms with E-state index in [0.717, 1.165) is 12.1 Å². The van der Waals surface area contributed by atoms with E-state index in [9.17, 15) is 4.79 Å². The fraction of sp³-hybridized carbons (Fsp3) is 0.462. The number of morpholine rings is 1. The van der Waals surface area contributed by atoms with Gasteiger partial charge in [-0.15, -0.1) is 0 Å². The highest BCUT2D eigenvalue weighted by Gasteiger charge is 2.26. The van der Waals surface area contributed by atoms with Crippen molar-refractivity contribution in [2.45, 2.75) is 12.6 Å². The van der Waals surface area contributed by atoms with Crippen LogP contribution in [0.1, 0.15) is 5.56 Å². The van der Waals surface area contributed by atoms with Crippen molar-refractivity contribution in [3.8, 4) is 11.5 Å². The van der Waals surface area contributed by atoms with Crippen LogP contribution in [-0.2, 0) is 16.1 Å². The first-order valence-electron chi connectivity index (χ1n) is 6.35. The lowest BCUT2D eigenvalue weighted by molar-refractivity contribution is -0.135. The van der Waals surface area contributed by atoms with Crippen LogP contribution in [0.15, 0.2) is 12.1 Å². The molecule has 2 heterocycles. The molecule has 1 fully saturated rings. The molecule has 0 aromatic heterocycles. The topological polar surface area (TPSA) is 74.0 Å². The number of carbonyl (C=O) groups is 1. The van der Waals surface area contributed by atoms with Crippen LogP contribution >= 0.6 is 11.6 Å². The number of nitrogens with zero attached hydrogens (tertiary/aromatic N) is 1. The molecule has 0 saturated carbocycles. The van der Waals surface area contributed by atoms with Crippen LogP contribution in [0.5, 0.6) is 11.5 Å². The molecule has 20 heavy (non-hydrogen) atoms. The third-order valence-corrected chi connectivity index (χ3v) is 3.76. The first kappa shape index (κ1) is 13.5. The van der Waals surface area contributed by atoms with Crippen molar-refractivity contribution in [3.05, 3.63) is 22.7 Å². The van der Waals surface area contributed by atoms with Crippen molar-refractivity contribution in [2.24, 2.45) is 5.73 Å². The van der Waals surface area contributed by atoms with E-state index in [1.54, 1.807) is 6.07 Å². The first-order valence-corrected chi connectivity index (χ1v) is 6.72. The van der Waals surface area contributed by atoms with Crippen molar-refractivity contribution in [3.63, 3.8) is 0 Å². The van der Waals surface area contributed by atoms with Gasteiger partial charge in [-0.3, -0.25) is 9.69 Å². The summed E-state index contributed by atoms with van der Waals surface area (Å²) in [6.45, 7) is 2.52. The molecule has 2 aliphatic rings. The van der Waals surface area contributed by atoms with Gasteiger partial charge < -0.3 is 19.9 Å². The normalized spacial score (nSPS) is 21.9. The van der Waals surface area contributed by atoms with E-state index in [-0.39, 0.29) is 6.79 Å². The summed E-state index contributed by atoms with van der Waals surface area (Å²) in [6.07, 6.45) is -0.559. The summed E-state index contributed by atoms with van der Waals surface area (Å²) in [5.41, 5.74) is 6.20. The second-order valence-electron chi connectivity index (χ2n) is 4.79. The average Bonchev–Trinajstić information content (AvgIpc) is 2.86. The maximum atomic E-state index is 11.2. The monoisotopic (exact) mass is 298 g/mol. The van der Waals surface area contributed by atoms with E-state index in [0.29, 0.717) is 36.2 Å². The fourth-order valence-corrected chi connectivity index (χ4v) is 2.55. The second kappa shape index (κ2) is 5.47. The lowest BCUT2D eigenvalue weighted by atomic mass is 10.1. The van der Waals surface area contributed by atoms with Crippen molar-refractivity contribution in [2.75, 3.05) is 26.5 Å². The van der Waals surface area contributed by atoms with E-state index >= 15 is 0 Å². The van der Waals surface area contributed by atoms with E-state index in [1.165, 1.54) is 0 Å². The zero-order chi connectivity index (χ0) is 14.1. The standard InChI is InChI=1S/C13H15ClN2O4/c14-9-4-11-10(19-7-20-11)3-8(9)5-16-1-2-18-12(6-16)13(15)17/h3-4,12H,1-2,5-7H2,(H2,15,17)/t12-/m1/s1. The van der Waals surface area contributed by atoms with Gasteiger partial charge in [-0.1, -0.05) is 11.6 Å². The lowest BCUT2D eigenvalue weighted by Gasteiger charge is -2.31. The number of ether oxygens (including phenoxy) is 3. The number of halogens is 1. The summed E-state index contributed by atoms with van der Waals surface area (Å²) in [5, 5.41) is 0.622. The second-order valence-corrected chi connectivity index (χ2v) is 5.20. The molecule has 0 radical (unpaired) electrons. The highest BCUT2D eigenvalue weighted by molar-refractivity contribution is 6.31. The molecule has 0 bridgehead atoms. The SMILES string of the molecule is NC(=O)[C@H]1CN(Cc2cc3c(cc2Cl)OCO3)CCO1. The Morgan fingerprint density at radius 1 is 1.40 bits per heavy atom. The van der Waals surface area contributed by atoms with Gasteiger partial charge in [0.1, 0.15) is 6.10 Å². The molecule has 1 atom stereocenters. The number of benzene rings is 1. The minimum Gasteiger partial charge on any atom is -0.454 e. The quantitative estimate of drug-likeness (QED) is 0.891. The molecule has 7 heteroatoms. The molecule has 0 aliphatic carbocycles. The number of primary amides is 1. The van der Waals surface area contributed by atoms with Gasteiger partial charge in [0.15, 0.2) is 11.5 Å². The number of hydrogen-bond acceptors (Lipinski definition) is 5. The minimum atomic E-state index is -0.559. The van der Waals surface area contributed by atoms with Gasteiger partial charge in [-0.05, 0) is 11.6 Å². The highest BCUT2D eigenvalue weighted by atomic mass is 35.5. The largest absolute Gasteiger partial charge is 0.454 e. The van der Waals surface area contributed by atoms with Crippen LogP contribution in [0.25, 0.3) is 0 Å². The summed E-state index contributed by atoms with van der Waals surface area (Å²) in [7, 11) is 0.